The Balaban J connectivity index is 1.68. The Morgan fingerprint density at radius 1 is 0.826 bits per heavy atom. The lowest BCUT2D eigenvalue weighted by Crippen LogP contribution is -2.03. The third kappa shape index (κ3) is 4.04. The maximum Gasteiger partial charge on any atom is 0.167 e. The van der Waals surface area contributed by atoms with Gasteiger partial charge in [0.25, 0.3) is 0 Å². The number of ether oxygens (including phenoxy) is 1. The molecule has 0 fully saturated rings. The second-order valence-electron chi connectivity index (χ2n) is 5.17. The number of para-hydroxylation sites is 1. The lowest BCUT2D eigenvalue weighted by molar-refractivity contribution is 0.0993. The van der Waals surface area contributed by atoms with E-state index in [1.807, 2.05) is 30.3 Å². The number of carbonyl (C=O) groups excluding carboxylic acids is 1. The number of Topliss-reactive ketones (excluding diaryl/α,β-unsaturated/α-hetero) is 1. The van der Waals surface area contributed by atoms with E-state index in [1.165, 1.54) is 12.1 Å². The third-order valence-electron chi connectivity index (χ3n) is 3.41. The molecule has 0 aliphatic heterocycles. The summed E-state index contributed by atoms with van der Waals surface area (Å²) in [4.78, 5) is 12.2. The molecule has 3 rings (SSSR count). The SMILES string of the molecule is O=C(Cc1cccc(F)c1)c1ccc(Oc2ccccc2)cc1. The second kappa shape index (κ2) is 6.88. The molecule has 0 aliphatic carbocycles. The fourth-order valence-corrected chi connectivity index (χ4v) is 2.27. The van der Waals surface area contributed by atoms with Gasteiger partial charge in [-0.1, -0.05) is 30.3 Å². The number of hydrogen-bond donors (Lipinski definition) is 0. The van der Waals surface area contributed by atoms with Crippen LogP contribution in [0.4, 0.5) is 4.39 Å². The molecule has 0 atom stereocenters. The zero-order chi connectivity index (χ0) is 16.1. The molecule has 0 radical (unpaired) electrons. The monoisotopic (exact) mass is 306 g/mol. The Morgan fingerprint density at radius 2 is 1.52 bits per heavy atom. The Bertz CT molecular complexity index is 795. The van der Waals surface area contributed by atoms with Gasteiger partial charge in [-0.25, -0.2) is 4.39 Å². The van der Waals surface area contributed by atoms with Crippen molar-refractivity contribution in [1.29, 1.82) is 0 Å². The fraction of sp³-hybridized carbons (Fsp3) is 0.0500. The van der Waals surface area contributed by atoms with Crippen molar-refractivity contribution in [1.82, 2.24) is 0 Å². The van der Waals surface area contributed by atoms with Crippen molar-refractivity contribution in [2.45, 2.75) is 6.42 Å². The van der Waals surface area contributed by atoms with Gasteiger partial charge < -0.3 is 4.74 Å². The number of carbonyl (C=O) groups is 1. The smallest absolute Gasteiger partial charge is 0.167 e. The number of hydrogen-bond acceptors (Lipinski definition) is 2. The minimum absolute atomic E-state index is 0.0538. The highest BCUT2D eigenvalue weighted by atomic mass is 19.1. The molecule has 0 saturated carbocycles. The van der Waals surface area contributed by atoms with Crippen LogP contribution in [0.25, 0.3) is 0 Å². The summed E-state index contributed by atoms with van der Waals surface area (Å²) in [6.45, 7) is 0. The summed E-state index contributed by atoms with van der Waals surface area (Å²) in [6.07, 6.45) is 0.177. The van der Waals surface area contributed by atoms with Crippen LogP contribution in [0.15, 0.2) is 78.9 Å². The van der Waals surface area contributed by atoms with E-state index in [9.17, 15) is 9.18 Å². The summed E-state index contributed by atoms with van der Waals surface area (Å²) in [5.41, 5.74) is 1.24. The van der Waals surface area contributed by atoms with Crippen molar-refractivity contribution in [2.24, 2.45) is 0 Å². The van der Waals surface area contributed by atoms with E-state index in [2.05, 4.69) is 0 Å². The molecular formula is C20H15FO2. The Hall–Kier alpha value is -2.94. The van der Waals surface area contributed by atoms with Gasteiger partial charge in [0.1, 0.15) is 17.3 Å². The maximum atomic E-state index is 13.2. The summed E-state index contributed by atoms with van der Waals surface area (Å²) in [7, 11) is 0. The van der Waals surface area contributed by atoms with Gasteiger partial charge in [-0.15, -0.1) is 0 Å². The zero-order valence-corrected chi connectivity index (χ0v) is 12.4. The van der Waals surface area contributed by atoms with Gasteiger partial charge in [-0.05, 0) is 54.1 Å². The van der Waals surface area contributed by atoms with Crippen LogP contribution in [0.3, 0.4) is 0 Å². The van der Waals surface area contributed by atoms with Crippen LogP contribution in [0.2, 0.25) is 0 Å². The van der Waals surface area contributed by atoms with E-state index in [0.717, 1.165) is 5.75 Å². The minimum atomic E-state index is -0.332. The fourth-order valence-electron chi connectivity index (χ4n) is 2.27. The van der Waals surface area contributed by atoms with Gasteiger partial charge in [0, 0.05) is 12.0 Å². The molecule has 0 unspecified atom stereocenters. The van der Waals surface area contributed by atoms with Crippen molar-refractivity contribution in [3.05, 3.63) is 95.8 Å². The number of ketones is 1. The Labute approximate surface area is 134 Å². The summed E-state index contributed by atoms with van der Waals surface area (Å²) in [5, 5.41) is 0. The number of benzene rings is 3. The van der Waals surface area contributed by atoms with Gasteiger partial charge in [-0.3, -0.25) is 4.79 Å². The molecule has 0 aromatic heterocycles. The first-order valence-electron chi connectivity index (χ1n) is 7.31. The average Bonchev–Trinajstić information content (AvgIpc) is 2.56. The van der Waals surface area contributed by atoms with Crippen LogP contribution in [0.1, 0.15) is 15.9 Å². The molecule has 114 valence electrons. The van der Waals surface area contributed by atoms with Crippen LogP contribution in [-0.4, -0.2) is 5.78 Å². The van der Waals surface area contributed by atoms with Crippen LogP contribution in [-0.2, 0) is 6.42 Å². The van der Waals surface area contributed by atoms with E-state index >= 15 is 0 Å². The topological polar surface area (TPSA) is 26.3 Å². The molecule has 0 N–H and O–H groups in total. The van der Waals surface area contributed by atoms with Crippen LogP contribution < -0.4 is 4.74 Å². The third-order valence-corrected chi connectivity index (χ3v) is 3.41. The first-order valence-corrected chi connectivity index (χ1v) is 7.31. The van der Waals surface area contributed by atoms with Crippen molar-refractivity contribution in [3.8, 4) is 11.5 Å². The predicted octanol–water partition coefficient (Wildman–Crippen LogP) is 5.04. The van der Waals surface area contributed by atoms with E-state index in [1.54, 1.807) is 36.4 Å². The first kappa shape index (κ1) is 15.0. The van der Waals surface area contributed by atoms with Crippen LogP contribution >= 0.6 is 0 Å². The minimum Gasteiger partial charge on any atom is -0.457 e. The average molecular weight is 306 g/mol. The summed E-state index contributed by atoms with van der Waals surface area (Å²) >= 11 is 0. The quantitative estimate of drug-likeness (QED) is 0.617. The van der Waals surface area contributed by atoms with Gasteiger partial charge in [0.05, 0.1) is 0 Å². The van der Waals surface area contributed by atoms with Crippen LogP contribution in [0, 0.1) is 5.82 Å². The summed E-state index contributed by atoms with van der Waals surface area (Å²) in [6, 6.07) is 22.5. The van der Waals surface area contributed by atoms with Crippen LogP contribution in [0.5, 0.6) is 11.5 Å². The van der Waals surface area contributed by atoms with Gasteiger partial charge in [0.15, 0.2) is 5.78 Å². The predicted molar refractivity (Wildman–Crippen MR) is 87.4 cm³/mol. The second-order valence-corrected chi connectivity index (χ2v) is 5.17. The van der Waals surface area contributed by atoms with E-state index in [0.29, 0.717) is 16.9 Å². The maximum absolute atomic E-state index is 13.2. The molecule has 0 aliphatic rings. The Morgan fingerprint density at radius 3 is 2.22 bits per heavy atom. The standard InChI is InChI=1S/C20H15FO2/c21-17-6-4-5-15(13-17)14-20(22)16-9-11-19(12-10-16)23-18-7-2-1-3-8-18/h1-13H,14H2. The molecule has 23 heavy (non-hydrogen) atoms. The summed E-state index contributed by atoms with van der Waals surface area (Å²) < 4.78 is 18.8. The van der Waals surface area contributed by atoms with E-state index in [4.69, 9.17) is 4.74 Å². The highest BCUT2D eigenvalue weighted by Gasteiger charge is 2.08. The van der Waals surface area contributed by atoms with E-state index < -0.39 is 0 Å². The molecule has 0 amide bonds. The van der Waals surface area contributed by atoms with Gasteiger partial charge >= 0.3 is 0 Å². The molecule has 0 saturated heterocycles. The molecule has 0 spiro atoms. The zero-order valence-electron chi connectivity index (χ0n) is 12.4. The Kier molecular flexibility index (Phi) is 4.48. The van der Waals surface area contributed by atoms with Crippen molar-refractivity contribution in [3.63, 3.8) is 0 Å². The highest BCUT2D eigenvalue weighted by Crippen LogP contribution is 2.21. The van der Waals surface area contributed by atoms with Crippen molar-refractivity contribution < 1.29 is 13.9 Å². The van der Waals surface area contributed by atoms with Crippen molar-refractivity contribution >= 4 is 5.78 Å². The van der Waals surface area contributed by atoms with Crippen molar-refractivity contribution in [2.75, 3.05) is 0 Å². The lowest BCUT2D eigenvalue weighted by atomic mass is 10.0. The number of halogens is 1. The molecule has 0 bridgehead atoms. The number of rotatable bonds is 5. The normalized spacial score (nSPS) is 10.3. The molecule has 0 heterocycles. The summed E-state index contributed by atoms with van der Waals surface area (Å²) in [5.74, 6) is 1.02. The highest BCUT2D eigenvalue weighted by molar-refractivity contribution is 5.97. The van der Waals surface area contributed by atoms with Gasteiger partial charge in [-0.2, -0.15) is 0 Å². The first-order chi connectivity index (χ1) is 11.2. The lowest BCUT2D eigenvalue weighted by Gasteiger charge is -2.06. The molecule has 2 nitrogen and oxygen atoms in total. The molecule has 3 aromatic carbocycles. The molecular weight excluding hydrogens is 291 g/mol. The van der Waals surface area contributed by atoms with E-state index in [-0.39, 0.29) is 18.0 Å². The molecule has 3 aromatic rings. The molecule has 3 heteroatoms. The largest absolute Gasteiger partial charge is 0.457 e. The van der Waals surface area contributed by atoms with Gasteiger partial charge in [0.2, 0.25) is 0 Å².